The molecule has 5 aliphatic rings. The van der Waals surface area contributed by atoms with Gasteiger partial charge in [0.1, 0.15) is 5.41 Å². The number of ether oxygens (including phenoxy) is 1. The summed E-state index contributed by atoms with van der Waals surface area (Å²) in [5.41, 5.74) is -0.999. The first-order valence-electron chi connectivity index (χ1n) is 10.2. The Labute approximate surface area is 151 Å². The zero-order valence-electron chi connectivity index (χ0n) is 15.6. The SMILES string of the molecule is COC12CCC(C(=O)N3CCC(CN4CCCCC4)C3)(CC1)C(=O)C2. The van der Waals surface area contributed by atoms with Crippen molar-refractivity contribution in [1.29, 1.82) is 0 Å². The number of fused-ring (bicyclic) bond motifs is 3. The van der Waals surface area contributed by atoms with E-state index in [1.165, 1.54) is 32.4 Å². The van der Waals surface area contributed by atoms with E-state index in [-0.39, 0.29) is 17.3 Å². The van der Waals surface area contributed by atoms with Crippen LogP contribution in [0.4, 0.5) is 0 Å². The van der Waals surface area contributed by atoms with Gasteiger partial charge in [0, 0.05) is 33.2 Å². The summed E-state index contributed by atoms with van der Waals surface area (Å²) in [6, 6.07) is 0. The van der Waals surface area contributed by atoms with Crippen molar-refractivity contribution >= 4 is 11.7 Å². The van der Waals surface area contributed by atoms with Crippen LogP contribution in [0.25, 0.3) is 0 Å². The molecular formula is C20H32N2O3. The van der Waals surface area contributed by atoms with Crippen molar-refractivity contribution in [2.75, 3.05) is 39.8 Å². The predicted octanol–water partition coefficient (Wildman–Crippen LogP) is 2.24. The van der Waals surface area contributed by atoms with Gasteiger partial charge in [-0.15, -0.1) is 0 Å². The molecule has 0 radical (unpaired) electrons. The smallest absolute Gasteiger partial charge is 0.236 e. The number of hydrogen-bond acceptors (Lipinski definition) is 4. The third kappa shape index (κ3) is 3.03. The van der Waals surface area contributed by atoms with Crippen molar-refractivity contribution in [3.05, 3.63) is 0 Å². The summed E-state index contributed by atoms with van der Waals surface area (Å²) in [6.45, 7) is 5.23. The normalized spacial score (nSPS) is 39.2. The zero-order chi connectivity index (χ0) is 17.5. The molecule has 2 saturated heterocycles. The monoisotopic (exact) mass is 348 g/mol. The van der Waals surface area contributed by atoms with Crippen molar-refractivity contribution in [2.24, 2.45) is 11.3 Å². The van der Waals surface area contributed by atoms with Crippen LogP contribution in [0.3, 0.4) is 0 Å². The minimum atomic E-state index is -0.722. The Bertz CT molecular complexity index is 533. The number of ketones is 1. The summed E-state index contributed by atoms with van der Waals surface area (Å²) in [4.78, 5) is 30.7. The van der Waals surface area contributed by atoms with Crippen molar-refractivity contribution in [1.82, 2.24) is 9.80 Å². The number of rotatable bonds is 4. The molecule has 1 atom stereocenters. The number of likely N-dealkylation sites (tertiary alicyclic amines) is 2. The van der Waals surface area contributed by atoms with Crippen LogP contribution in [-0.2, 0) is 14.3 Å². The number of piperidine rings is 1. The van der Waals surface area contributed by atoms with Gasteiger partial charge in [-0.3, -0.25) is 9.59 Å². The summed E-state index contributed by atoms with van der Waals surface area (Å²) in [5.74, 6) is 0.846. The summed E-state index contributed by atoms with van der Waals surface area (Å²) < 4.78 is 5.64. The Morgan fingerprint density at radius 1 is 1.12 bits per heavy atom. The second-order valence-electron chi connectivity index (χ2n) is 8.84. The molecular weight excluding hydrogens is 316 g/mol. The molecule has 5 rings (SSSR count). The fourth-order valence-corrected chi connectivity index (χ4v) is 5.64. The molecule has 140 valence electrons. The van der Waals surface area contributed by atoms with Crippen LogP contribution in [0.2, 0.25) is 0 Å². The Morgan fingerprint density at radius 3 is 2.48 bits per heavy atom. The highest BCUT2D eigenvalue weighted by Gasteiger charge is 2.59. The Hall–Kier alpha value is -0.940. The van der Waals surface area contributed by atoms with Crippen LogP contribution in [0.1, 0.15) is 57.8 Å². The molecule has 0 aromatic rings. The molecule has 5 fully saturated rings. The van der Waals surface area contributed by atoms with Crippen LogP contribution in [0, 0.1) is 11.3 Å². The van der Waals surface area contributed by atoms with E-state index in [0.29, 0.717) is 25.2 Å². The van der Waals surface area contributed by atoms with E-state index in [0.717, 1.165) is 38.9 Å². The number of carbonyl (C=O) groups excluding carboxylic acids is 2. The molecule has 0 aromatic carbocycles. The predicted molar refractivity (Wildman–Crippen MR) is 95.2 cm³/mol. The second-order valence-corrected chi connectivity index (χ2v) is 8.84. The Morgan fingerprint density at radius 2 is 1.84 bits per heavy atom. The van der Waals surface area contributed by atoms with Gasteiger partial charge in [0.2, 0.25) is 5.91 Å². The minimum Gasteiger partial charge on any atom is -0.378 e. The van der Waals surface area contributed by atoms with Crippen LogP contribution < -0.4 is 0 Å². The molecule has 1 amide bonds. The number of methoxy groups -OCH3 is 1. The molecule has 5 heteroatoms. The first-order valence-corrected chi connectivity index (χ1v) is 10.2. The van der Waals surface area contributed by atoms with Gasteiger partial charge in [-0.2, -0.15) is 0 Å². The molecule has 0 N–H and O–H groups in total. The van der Waals surface area contributed by atoms with Crippen LogP contribution >= 0.6 is 0 Å². The van der Waals surface area contributed by atoms with Gasteiger partial charge in [-0.05, 0) is 64.0 Å². The number of nitrogens with zero attached hydrogens (tertiary/aromatic N) is 2. The highest BCUT2D eigenvalue weighted by Crippen LogP contribution is 2.52. The lowest BCUT2D eigenvalue weighted by atomic mass is 9.57. The minimum absolute atomic E-state index is 0.128. The highest BCUT2D eigenvalue weighted by molar-refractivity contribution is 6.07. The van der Waals surface area contributed by atoms with Gasteiger partial charge < -0.3 is 14.5 Å². The van der Waals surface area contributed by atoms with Gasteiger partial charge in [-0.25, -0.2) is 0 Å². The fourth-order valence-electron chi connectivity index (χ4n) is 5.64. The van der Waals surface area contributed by atoms with E-state index in [1.54, 1.807) is 7.11 Å². The lowest BCUT2D eigenvalue weighted by Crippen LogP contribution is -2.59. The van der Waals surface area contributed by atoms with E-state index in [4.69, 9.17) is 4.74 Å². The number of carbonyl (C=O) groups is 2. The largest absolute Gasteiger partial charge is 0.378 e. The first kappa shape index (κ1) is 17.5. The van der Waals surface area contributed by atoms with Gasteiger partial charge in [0.15, 0.2) is 5.78 Å². The van der Waals surface area contributed by atoms with Crippen molar-refractivity contribution in [2.45, 2.75) is 63.4 Å². The molecule has 0 aromatic heterocycles. The Balaban J connectivity index is 1.38. The summed E-state index contributed by atoms with van der Waals surface area (Å²) >= 11 is 0. The molecule has 25 heavy (non-hydrogen) atoms. The average Bonchev–Trinajstić information content (AvgIpc) is 3.11. The van der Waals surface area contributed by atoms with Crippen molar-refractivity contribution < 1.29 is 14.3 Å². The summed E-state index contributed by atoms with van der Waals surface area (Å²) in [6.07, 6.45) is 8.59. The third-order valence-corrected chi connectivity index (χ3v) is 7.41. The highest BCUT2D eigenvalue weighted by atomic mass is 16.5. The average molecular weight is 348 g/mol. The summed E-state index contributed by atoms with van der Waals surface area (Å²) in [7, 11) is 1.71. The zero-order valence-corrected chi connectivity index (χ0v) is 15.6. The van der Waals surface area contributed by atoms with Gasteiger partial charge in [0.25, 0.3) is 0 Å². The van der Waals surface area contributed by atoms with Gasteiger partial charge in [0.05, 0.1) is 5.60 Å². The molecule has 5 nitrogen and oxygen atoms in total. The maximum Gasteiger partial charge on any atom is 0.236 e. The van der Waals surface area contributed by atoms with Gasteiger partial charge in [-0.1, -0.05) is 6.42 Å². The van der Waals surface area contributed by atoms with E-state index in [1.807, 2.05) is 4.90 Å². The van der Waals surface area contributed by atoms with E-state index in [2.05, 4.69) is 4.90 Å². The third-order valence-electron chi connectivity index (χ3n) is 7.41. The topological polar surface area (TPSA) is 49.9 Å². The lowest BCUT2D eigenvalue weighted by Gasteiger charge is -2.51. The van der Waals surface area contributed by atoms with Crippen LogP contribution in [0.15, 0.2) is 0 Å². The number of Topliss-reactive ketones (excluding diaryl/α,β-unsaturated/α-hetero) is 1. The van der Waals surface area contributed by atoms with Crippen LogP contribution in [0.5, 0.6) is 0 Å². The lowest BCUT2D eigenvalue weighted by molar-refractivity contribution is -0.171. The van der Waals surface area contributed by atoms with E-state index >= 15 is 0 Å². The van der Waals surface area contributed by atoms with E-state index < -0.39 is 5.41 Å². The first-order chi connectivity index (χ1) is 12.1. The fraction of sp³-hybridized carbons (Fsp3) is 0.900. The van der Waals surface area contributed by atoms with Crippen molar-refractivity contribution in [3.8, 4) is 0 Å². The second kappa shape index (κ2) is 6.66. The van der Waals surface area contributed by atoms with Gasteiger partial charge >= 0.3 is 0 Å². The molecule has 3 saturated carbocycles. The quantitative estimate of drug-likeness (QED) is 0.731. The molecule has 2 heterocycles. The molecule has 0 spiro atoms. The van der Waals surface area contributed by atoms with Crippen molar-refractivity contribution in [3.63, 3.8) is 0 Å². The number of amides is 1. The van der Waals surface area contributed by atoms with E-state index in [9.17, 15) is 9.59 Å². The summed E-state index contributed by atoms with van der Waals surface area (Å²) in [5, 5.41) is 0. The van der Waals surface area contributed by atoms with Crippen LogP contribution in [-0.4, -0.2) is 66.9 Å². The standard InChI is InChI=1S/C20H32N2O3/c1-25-19-6-8-20(9-7-19,17(23)13-19)18(24)22-12-5-16(15-22)14-21-10-3-2-4-11-21/h16H,2-15H2,1H3. The maximum atomic E-state index is 13.3. The molecule has 2 bridgehead atoms. The number of hydrogen-bond donors (Lipinski definition) is 0. The molecule has 2 aliphatic heterocycles. The maximum absolute atomic E-state index is 13.3. The molecule has 3 aliphatic carbocycles. The molecule has 1 unspecified atom stereocenters. The Kier molecular flexibility index (Phi) is 4.65.